The molecule has 0 unspecified atom stereocenters. The van der Waals surface area contributed by atoms with Gasteiger partial charge in [0.25, 0.3) is 5.91 Å². The lowest BCUT2D eigenvalue weighted by Gasteiger charge is -2.18. The third-order valence-electron chi connectivity index (χ3n) is 4.31. The van der Waals surface area contributed by atoms with Gasteiger partial charge in [-0.25, -0.2) is 4.98 Å². The minimum Gasteiger partial charge on any atom is -0.496 e. The fraction of sp³-hybridized carbons (Fsp3) is 0.250. The van der Waals surface area contributed by atoms with Crippen molar-refractivity contribution in [3.63, 3.8) is 0 Å². The smallest absolute Gasteiger partial charge is 0.273 e. The number of anilines is 2. The van der Waals surface area contributed by atoms with Crippen LogP contribution in [-0.4, -0.2) is 27.6 Å². The Hall–Kier alpha value is -2.82. The number of carbonyl (C=O) groups excluding carboxylic acids is 1. The van der Waals surface area contributed by atoms with Gasteiger partial charge in [-0.3, -0.25) is 4.79 Å². The zero-order valence-electron chi connectivity index (χ0n) is 16.6. The van der Waals surface area contributed by atoms with E-state index >= 15 is 0 Å². The molecular weight excluding hydrogens is 485 g/mol. The van der Waals surface area contributed by atoms with E-state index in [1.165, 1.54) is 6.20 Å². The van der Waals surface area contributed by atoms with Gasteiger partial charge in [-0.1, -0.05) is 13.8 Å². The summed E-state index contributed by atoms with van der Waals surface area (Å²) in [5.41, 5.74) is 7.17. The van der Waals surface area contributed by atoms with E-state index in [1.807, 2.05) is 12.1 Å². The van der Waals surface area contributed by atoms with Crippen molar-refractivity contribution in [2.24, 2.45) is 7.05 Å². The first-order chi connectivity index (χ1) is 13.8. The topological polar surface area (TPSA) is 104 Å². The Morgan fingerprint density at radius 2 is 2.03 bits per heavy atom. The number of aromatic nitrogens is 3. The average molecular weight is 507 g/mol. The molecule has 1 amide bonds. The number of nitrogen functional groups attached to an aromatic ring is 1. The molecule has 8 nitrogen and oxygen atoms in total. The van der Waals surface area contributed by atoms with Crippen LogP contribution in [-0.2, 0) is 7.05 Å². The van der Waals surface area contributed by atoms with Crippen LogP contribution in [0.3, 0.4) is 0 Å². The second-order valence-electron chi connectivity index (χ2n) is 6.68. The molecule has 0 aliphatic carbocycles. The predicted octanol–water partition coefficient (Wildman–Crippen LogP) is 4.18. The minimum atomic E-state index is -0.325. The maximum atomic E-state index is 12.6. The number of carbonyl (C=O) groups is 1. The molecule has 0 aliphatic rings. The summed E-state index contributed by atoms with van der Waals surface area (Å²) in [6.07, 6.45) is 3.24. The Morgan fingerprint density at radius 3 is 2.66 bits per heavy atom. The van der Waals surface area contributed by atoms with Crippen LogP contribution in [0.25, 0.3) is 0 Å². The SMILES string of the molecule is COc1cc(C(C)C)c(Oc2cnc(N)nc2NC(=O)c2cccn2C)cc1I. The molecular formula is C20H22IN5O3. The molecule has 3 rings (SSSR count). The first-order valence-corrected chi connectivity index (χ1v) is 9.98. The number of rotatable bonds is 6. The van der Waals surface area contributed by atoms with Gasteiger partial charge in [0.1, 0.15) is 17.2 Å². The van der Waals surface area contributed by atoms with Crippen LogP contribution in [0, 0.1) is 3.57 Å². The summed E-state index contributed by atoms with van der Waals surface area (Å²) in [4.78, 5) is 20.8. The Labute approximate surface area is 182 Å². The van der Waals surface area contributed by atoms with Crippen LogP contribution in [0.2, 0.25) is 0 Å². The van der Waals surface area contributed by atoms with Crippen molar-refractivity contribution >= 4 is 40.3 Å². The van der Waals surface area contributed by atoms with Gasteiger partial charge in [-0.2, -0.15) is 4.98 Å². The summed E-state index contributed by atoms with van der Waals surface area (Å²) >= 11 is 2.18. The number of ether oxygens (including phenoxy) is 2. The van der Waals surface area contributed by atoms with Crippen LogP contribution in [0.4, 0.5) is 11.8 Å². The molecule has 0 fully saturated rings. The Bertz CT molecular complexity index is 1050. The van der Waals surface area contributed by atoms with Gasteiger partial charge < -0.3 is 25.1 Å². The molecule has 29 heavy (non-hydrogen) atoms. The quantitative estimate of drug-likeness (QED) is 0.486. The van der Waals surface area contributed by atoms with Crippen molar-refractivity contribution < 1.29 is 14.3 Å². The lowest BCUT2D eigenvalue weighted by molar-refractivity contribution is 0.101. The first kappa shape index (κ1) is 20.9. The van der Waals surface area contributed by atoms with Crippen molar-refractivity contribution in [1.29, 1.82) is 0 Å². The van der Waals surface area contributed by atoms with E-state index in [-0.39, 0.29) is 23.6 Å². The molecule has 3 aromatic rings. The molecule has 0 radical (unpaired) electrons. The molecule has 152 valence electrons. The second-order valence-corrected chi connectivity index (χ2v) is 7.84. The van der Waals surface area contributed by atoms with Crippen LogP contribution < -0.4 is 20.5 Å². The molecule has 2 aromatic heterocycles. The van der Waals surface area contributed by atoms with Crippen LogP contribution in [0.5, 0.6) is 17.2 Å². The first-order valence-electron chi connectivity index (χ1n) is 8.90. The fourth-order valence-electron chi connectivity index (χ4n) is 2.78. The second kappa shape index (κ2) is 8.68. The highest BCUT2D eigenvalue weighted by Crippen LogP contribution is 2.38. The van der Waals surface area contributed by atoms with Gasteiger partial charge >= 0.3 is 0 Å². The summed E-state index contributed by atoms with van der Waals surface area (Å²) < 4.78 is 14.2. The number of amides is 1. The van der Waals surface area contributed by atoms with Crippen molar-refractivity contribution in [3.05, 3.63) is 51.5 Å². The molecule has 0 saturated carbocycles. The standard InChI is InChI=1S/C20H22IN5O3/c1-11(2)12-8-16(28-4)13(21)9-15(12)29-17-10-23-20(22)25-18(17)24-19(27)14-6-5-7-26(14)3/h5-11H,1-4H3,(H3,22,23,24,25,27). The Morgan fingerprint density at radius 1 is 1.28 bits per heavy atom. The molecule has 0 bridgehead atoms. The molecule has 0 atom stereocenters. The lowest BCUT2D eigenvalue weighted by Crippen LogP contribution is -2.17. The Balaban J connectivity index is 1.97. The largest absolute Gasteiger partial charge is 0.496 e. The molecule has 0 spiro atoms. The number of halogens is 1. The van der Waals surface area contributed by atoms with E-state index in [4.69, 9.17) is 15.2 Å². The summed E-state index contributed by atoms with van der Waals surface area (Å²) in [6.45, 7) is 4.12. The van der Waals surface area contributed by atoms with E-state index in [2.05, 4.69) is 51.7 Å². The highest BCUT2D eigenvalue weighted by atomic mass is 127. The third kappa shape index (κ3) is 4.61. The zero-order chi connectivity index (χ0) is 21.1. The summed E-state index contributed by atoms with van der Waals surface area (Å²) in [5.74, 6) is 1.79. The Kier molecular flexibility index (Phi) is 6.26. The number of hydrogen-bond donors (Lipinski definition) is 2. The number of nitrogens with one attached hydrogen (secondary N) is 1. The molecule has 3 N–H and O–H groups in total. The fourth-order valence-corrected chi connectivity index (χ4v) is 3.44. The lowest BCUT2D eigenvalue weighted by atomic mass is 10.0. The normalized spacial score (nSPS) is 10.8. The number of methoxy groups -OCH3 is 1. The molecule has 1 aromatic carbocycles. The van der Waals surface area contributed by atoms with Crippen LogP contribution >= 0.6 is 22.6 Å². The molecule has 0 aliphatic heterocycles. The van der Waals surface area contributed by atoms with Crippen molar-refractivity contribution in [2.75, 3.05) is 18.2 Å². The molecule has 2 heterocycles. The number of hydrogen-bond acceptors (Lipinski definition) is 6. The summed E-state index contributed by atoms with van der Waals surface area (Å²) in [7, 11) is 3.42. The number of nitrogens with two attached hydrogens (primary N) is 1. The van der Waals surface area contributed by atoms with Gasteiger partial charge in [0.05, 0.1) is 16.9 Å². The number of benzene rings is 1. The van der Waals surface area contributed by atoms with E-state index < -0.39 is 0 Å². The maximum Gasteiger partial charge on any atom is 0.273 e. The zero-order valence-corrected chi connectivity index (χ0v) is 18.7. The van der Waals surface area contributed by atoms with Gasteiger partial charge in [-0.15, -0.1) is 0 Å². The monoisotopic (exact) mass is 507 g/mol. The maximum absolute atomic E-state index is 12.6. The van der Waals surface area contributed by atoms with Crippen molar-refractivity contribution in [3.8, 4) is 17.2 Å². The predicted molar refractivity (Wildman–Crippen MR) is 120 cm³/mol. The van der Waals surface area contributed by atoms with E-state index in [0.29, 0.717) is 17.2 Å². The number of nitrogens with zero attached hydrogens (tertiary/aromatic N) is 3. The molecule has 0 saturated heterocycles. The van der Waals surface area contributed by atoms with Gasteiger partial charge in [0, 0.05) is 18.8 Å². The van der Waals surface area contributed by atoms with Crippen molar-refractivity contribution in [2.45, 2.75) is 19.8 Å². The van der Waals surface area contributed by atoms with Crippen LogP contribution in [0.1, 0.15) is 35.8 Å². The third-order valence-corrected chi connectivity index (χ3v) is 5.15. The van der Waals surface area contributed by atoms with Crippen LogP contribution in [0.15, 0.2) is 36.7 Å². The van der Waals surface area contributed by atoms with E-state index in [9.17, 15) is 4.79 Å². The summed E-state index contributed by atoms with van der Waals surface area (Å²) in [5, 5.41) is 2.76. The summed E-state index contributed by atoms with van der Waals surface area (Å²) in [6, 6.07) is 7.33. The highest BCUT2D eigenvalue weighted by molar-refractivity contribution is 14.1. The van der Waals surface area contributed by atoms with Gasteiger partial charge in [0.2, 0.25) is 5.95 Å². The number of aryl methyl sites for hydroxylation is 1. The highest BCUT2D eigenvalue weighted by Gasteiger charge is 2.18. The van der Waals surface area contributed by atoms with E-state index in [0.717, 1.165) is 14.9 Å². The van der Waals surface area contributed by atoms with Gasteiger partial charge in [0.15, 0.2) is 11.6 Å². The van der Waals surface area contributed by atoms with Crippen molar-refractivity contribution in [1.82, 2.24) is 14.5 Å². The minimum absolute atomic E-state index is 0.0351. The van der Waals surface area contributed by atoms with Gasteiger partial charge in [-0.05, 0) is 52.8 Å². The average Bonchev–Trinajstić information content (AvgIpc) is 3.10. The van der Waals surface area contributed by atoms with E-state index in [1.54, 1.807) is 37.1 Å². The molecule has 9 heteroatoms.